The number of sulfonamides is 1. The van der Waals surface area contributed by atoms with E-state index in [9.17, 15) is 17.6 Å². The molecular formula is C27H28FN3O6S. The molecule has 200 valence electrons. The van der Waals surface area contributed by atoms with Gasteiger partial charge in [-0.1, -0.05) is 13.8 Å². The molecule has 0 atom stereocenters. The first-order chi connectivity index (χ1) is 18.0. The van der Waals surface area contributed by atoms with Crippen LogP contribution in [0.4, 0.5) is 10.3 Å². The summed E-state index contributed by atoms with van der Waals surface area (Å²) in [6, 6.07) is 10.8. The first-order valence-corrected chi connectivity index (χ1v) is 13.6. The number of rotatable bonds is 9. The Balaban J connectivity index is 1.67. The fraction of sp³-hybridized carbons (Fsp3) is 0.296. The summed E-state index contributed by atoms with van der Waals surface area (Å²) in [5.74, 6) is 0.00555. The Bertz CT molecular complexity index is 1500. The highest BCUT2D eigenvalue weighted by atomic mass is 32.2. The van der Waals surface area contributed by atoms with Crippen LogP contribution in [0.2, 0.25) is 0 Å². The Kier molecular flexibility index (Phi) is 7.79. The lowest BCUT2D eigenvalue weighted by Gasteiger charge is -2.21. The molecule has 1 aromatic heterocycles. The lowest BCUT2D eigenvalue weighted by molar-refractivity contribution is 0.0713. The van der Waals surface area contributed by atoms with Crippen LogP contribution in [0.25, 0.3) is 17.0 Å². The average Bonchev–Trinajstić information content (AvgIpc) is 3.20. The molecule has 0 aliphatic carbocycles. The third-order valence-corrected chi connectivity index (χ3v) is 7.18. The minimum absolute atomic E-state index is 0.00446. The van der Waals surface area contributed by atoms with Crippen LogP contribution in [-0.2, 0) is 26.1 Å². The molecule has 0 fully saturated rings. The number of esters is 1. The van der Waals surface area contributed by atoms with E-state index in [1.165, 1.54) is 26.3 Å². The van der Waals surface area contributed by atoms with Crippen LogP contribution < -0.4 is 9.04 Å². The van der Waals surface area contributed by atoms with Crippen LogP contribution >= 0.6 is 0 Å². The maximum atomic E-state index is 13.7. The predicted octanol–water partition coefficient (Wildman–Crippen LogP) is 4.54. The molecule has 4 rings (SSSR count). The normalized spacial score (nSPS) is 14.1. The van der Waals surface area contributed by atoms with Crippen molar-refractivity contribution in [1.82, 2.24) is 9.97 Å². The van der Waals surface area contributed by atoms with Crippen molar-refractivity contribution < 1.29 is 31.8 Å². The van der Waals surface area contributed by atoms with E-state index in [0.717, 1.165) is 10.6 Å². The van der Waals surface area contributed by atoms with Gasteiger partial charge in [-0.2, -0.15) is 0 Å². The van der Waals surface area contributed by atoms with Crippen molar-refractivity contribution in [2.45, 2.75) is 26.4 Å². The number of aromatic nitrogens is 2. The van der Waals surface area contributed by atoms with E-state index in [4.69, 9.17) is 14.2 Å². The first kappa shape index (κ1) is 27.2. The molecule has 0 saturated carbocycles. The van der Waals surface area contributed by atoms with Crippen molar-refractivity contribution in [2.75, 3.05) is 31.3 Å². The minimum atomic E-state index is -3.62. The molecule has 0 N–H and O–H groups in total. The molecule has 0 spiro atoms. The molecule has 38 heavy (non-hydrogen) atoms. The average molecular weight is 542 g/mol. The predicted molar refractivity (Wildman–Crippen MR) is 141 cm³/mol. The zero-order valence-corrected chi connectivity index (χ0v) is 22.5. The van der Waals surface area contributed by atoms with Crippen LogP contribution in [0.1, 0.15) is 46.9 Å². The van der Waals surface area contributed by atoms with Crippen LogP contribution in [0.15, 0.2) is 48.5 Å². The van der Waals surface area contributed by atoms with Crippen molar-refractivity contribution in [2.24, 2.45) is 0 Å². The van der Waals surface area contributed by atoms with Gasteiger partial charge in [0.25, 0.3) is 0 Å². The summed E-state index contributed by atoms with van der Waals surface area (Å²) < 4.78 is 55.6. The molecule has 0 amide bonds. The number of methoxy groups -OCH3 is 1. The Morgan fingerprint density at radius 3 is 2.45 bits per heavy atom. The van der Waals surface area contributed by atoms with Gasteiger partial charge in [-0.05, 0) is 54.5 Å². The number of nitrogens with zero attached hydrogens (tertiary/aromatic N) is 3. The van der Waals surface area contributed by atoms with Crippen LogP contribution in [-0.4, -0.2) is 51.4 Å². The van der Waals surface area contributed by atoms with Gasteiger partial charge in [0.2, 0.25) is 16.0 Å². The molecule has 2 heterocycles. The largest absolute Gasteiger partial charge is 0.497 e. The Labute approximate surface area is 220 Å². The number of cyclic esters (lactones) is 1. The molecular weight excluding hydrogens is 513 g/mol. The van der Waals surface area contributed by atoms with Gasteiger partial charge < -0.3 is 14.2 Å². The molecule has 1 aliphatic heterocycles. The minimum Gasteiger partial charge on any atom is -0.497 e. The van der Waals surface area contributed by atoms with E-state index in [1.54, 1.807) is 36.4 Å². The Morgan fingerprint density at radius 2 is 1.82 bits per heavy atom. The van der Waals surface area contributed by atoms with Gasteiger partial charge in [0, 0.05) is 23.7 Å². The summed E-state index contributed by atoms with van der Waals surface area (Å²) in [6.07, 6.45) is 2.72. The highest BCUT2D eigenvalue weighted by Gasteiger charge is 2.27. The lowest BCUT2D eigenvalue weighted by atomic mass is 9.99. The van der Waals surface area contributed by atoms with Crippen molar-refractivity contribution in [3.63, 3.8) is 0 Å². The van der Waals surface area contributed by atoms with Crippen molar-refractivity contribution >= 4 is 27.7 Å². The maximum absolute atomic E-state index is 13.7. The van der Waals surface area contributed by atoms with Gasteiger partial charge >= 0.3 is 5.97 Å². The fourth-order valence-corrected chi connectivity index (χ4v) is 4.31. The molecule has 0 saturated heterocycles. The summed E-state index contributed by atoms with van der Waals surface area (Å²) in [5, 5.41) is 0. The van der Waals surface area contributed by atoms with Gasteiger partial charge in [-0.25, -0.2) is 31.9 Å². The molecule has 9 nitrogen and oxygen atoms in total. The number of fused-ring (bicyclic) bond motifs is 1. The Hall–Kier alpha value is -3.83. The zero-order chi connectivity index (χ0) is 27.6. The van der Waals surface area contributed by atoms with Crippen LogP contribution in [0.5, 0.6) is 5.75 Å². The second-order valence-electron chi connectivity index (χ2n) is 9.01. The van der Waals surface area contributed by atoms with E-state index in [-0.39, 0.29) is 25.1 Å². The lowest BCUT2D eigenvalue weighted by Crippen LogP contribution is -2.28. The highest BCUT2D eigenvalue weighted by Crippen LogP contribution is 2.33. The topological polar surface area (TPSA) is 108 Å². The number of halogens is 1. The summed E-state index contributed by atoms with van der Waals surface area (Å²) >= 11 is 0. The van der Waals surface area contributed by atoms with E-state index in [1.807, 2.05) is 13.8 Å². The van der Waals surface area contributed by atoms with Crippen molar-refractivity contribution in [3.8, 4) is 17.0 Å². The molecule has 0 bridgehead atoms. The van der Waals surface area contributed by atoms with E-state index in [0.29, 0.717) is 45.2 Å². The molecule has 0 radical (unpaired) electrons. The third kappa shape index (κ3) is 5.68. The molecule has 2 aromatic carbocycles. The highest BCUT2D eigenvalue weighted by molar-refractivity contribution is 7.92. The number of carbonyl (C=O) groups is 1. The van der Waals surface area contributed by atoms with Crippen LogP contribution in [0.3, 0.4) is 0 Å². The SMILES string of the molecule is COc1ccc2c(c1)/C(=C/COCc1c(-c3ccc(F)cc3)nc(N(C)S(C)(=O)=O)nc1C(C)C)OC2=O. The number of ether oxygens (including phenoxy) is 3. The third-order valence-electron chi connectivity index (χ3n) is 6.02. The summed E-state index contributed by atoms with van der Waals surface area (Å²) in [5.41, 5.74) is 3.31. The smallest absolute Gasteiger partial charge is 0.344 e. The Morgan fingerprint density at radius 1 is 1.11 bits per heavy atom. The number of benzene rings is 2. The van der Waals surface area contributed by atoms with Crippen molar-refractivity contribution in [1.29, 1.82) is 0 Å². The first-order valence-electron chi connectivity index (χ1n) is 11.8. The van der Waals surface area contributed by atoms with Crippen LogP contribution in [0, 0.1) is 5.82 Å². The summed E-state index contributed by atoms with van der Waals surface area (Å²) in [7, 11) is -0.706. The quantitative estimate of drug-likeness (QED) is 0.287. The van der Waals surface area contributed by atoms with E-state index in [2.05, 4.69) is 9.97 Å². The van der Waals surface area contributed by atoms with Gasteiger partial charge in [0.05, 0.1) is 43.5 Å². The molecule has 0 unspecified atom stereocenters. The van der Waals surface area contributed by atoms with E-state index < -0.39 is 21.8 Å². The molecule has 1 aliphatic rings. The van der Waals surface area contributed by atoms with E-state index >= 15 is 0 Å². The summed E-state index contributed by atoms with van der Waals surface area (Å²) in [6.45, 7) is 4.03. The summed E-state index contributed by atoms with van der Waals surface area (Å²) in [4.78, 5) is 21.3. The monoisotopic (exact) mass is 541 g/mol. The zero-order valence-electron chi connectivity index (χ0n) is 21.7. The van der Waals surface area contributed by atoms with Gasteiger partial charge in [-0.3, -0.25) is 0 Å². The molecule has 3 aromatic rings. The van der Waals surface area contributed by atoms with Crippen molar-refractivity contribution in [3.05, 3.63) is 76.7 Å². The number of carbonyl (C=O) groups excluding carboxylic acids is 1. The second kappa shape index (κ2) is 10.9. The number of anilines is 1. The standard InChI is InChI=1S/C27H28FN3O6S/c1-16(2)24-22(15-36-13-12-23-21-14-19(35-4)10-11-20(21)26(32)37-23)25(17-6-8-18(28)9-7-17)30-27(29-24)31(3)38(5,33)34/h6-12,14,16H,13,15H2,1-5H3/b23-12-. The maximum Gasteiger partial charge on any atom is 0.344 e. The molecule has 11 heteroatoms. The van der Waals surface area contributed by atoms with Gasteiger partial charge in [0.1, 0.15) is 17.3 Å². The van der Waals surface area contributed by atoms with Gasteiger partial charge in [0.15, 0.2) is 0 Å². The second-order valence-corrected chi connectivity index (χ2v) is 11.0. The van der Waals surface area contributed by atoms with Gasteiger partial charge in [-0.15, -0.1) is 0 Å². The number of hydrogen-bond acceptors (Lipinski definition) is 8. The number of hydrogen-bond donors (Lipinski definition) is 0. The fourth-order valence-electron chi connectivity index (χ4n) is 3.93.